The Kier molecular flexibility index (Phi) is 4.08. The van der Waals surface area contributed by atoms with Crippen molar-refractivity contribution in [2.75, 3.05) is 13.1 Å². The Bertz CT molecular complexity index is 640. The number of phenols is 2. The fraction of sp³-hybridized carbons (Fsp3) is 0.294. The van der Waals surface area contributed by atoms with Gasteiger partial charge in [-0.05, 0) is 47.4 Å². The number of benzene rings is 2. The largest absolute Gasteiger partial charge is 0.504 e. The molecule has 3 nitrogen and oxygen atoms in total. The molecular weight excluding hydrogens is 282 g/mol. The number of nitrogens with one attached hydrogen (secondary N) is 1. The van der Waals surface area contributed by atoms with Gasteiger partial charge < -0.3 is 15.5 Å². The van der Waals surface area contributed by atoms with Gasteiger partial charge in [-0.15, -0.1) is 0 Å². The van der Waals surface area contributed by atoms with Crippen LogP contribution in [0.1, 0.15) is 28.2 Å². The van der Waals surface area contributed by atoms with Crippen LogP contribution < -0.4 is 5.32 Å². The van der Waals surface area contributed by atoms with Gasteiger partial charge in [0.1, 0.15) is 0 Å². The van der Waals surface area contributed by atoms with Crippen molar-refractivity contribution in [3.63, 3.8) is 0 Å². The van der Waals surface area contributed by atoms with Crippen molar-refractivity contribution in [2.24, 2.45) is 0 Å². The van der Waals surface area contributed by atoms with E-state index in [9.17, 15) is 10.2 Å². The van der Waals surface area contributed by atoms with Gasteiger partial charge in [0.25, 0.3) is 0 Å². The van der Waals surface area contributed by atoms with Crippen LogP contribution in [-0.4, -0.2) is 23.3 Å². The van der Waals surface area contributed by atoms with Gasteiger partial charge in [0.2, 0.25) is 0 Å². The third kappa shape index (κ3) is 2.87. The van der Waals surface area contributed by atoms with Crippen molar-refractivity contribution in [3.05, 3.63) is 58.7 Å². The second-order valence-electron chi connectivity index (χ2n) is 5.45. The maximum absolute atomic E-state index is 9.83. The van der Waals surface area contributed by atoms with E-state index in [1.54, 1.807) is 12.1 Å². The summed E-state index contributed by atoms with van der Waals surface area (Å²) < 4.78 is 0. The zero-order valence-corrected chi connectivity index (χ0v) is 12.6. The summed E-state index contributed by atoms with van der Waals surface area (Å²) in [5, 5.41) is 23.0. The first-order chi connectivity index (χ1) is 10.2. The van der Waals surface area contributed by atoms with Crippen LogP contribution in [0.15, 0.2) is 36.4 Å². The Hall–Kier alpha value is -1.65. The Morgan fingerprint density at radius 3 is 2.52 bits per heavy atom. The minimum absolute atomic E-state index is 0.0418. The summed E-state index contributed by atoms with van der Waals surface area (Å²) in [6.45, 7) is 1.71. The fourth-order valence-corrected chi connectivity index (χ4v) is 3.12. The van der Waals surface area contributed by atoms with Crippen LogP contribution in [-0.2, 0) is 12.2 Å². The minimum atomic E-state index is -0.0485. The molecule has 0 saturated carbocycles. The number of thiol groups is 1. The van der Waals surface area contributed by atoms with E-state index in [2.05, 4.69) is 42.2 Å². The summed E-state index contributed by atoms with van der Waals surface area (Å²) in [4.78, 5) is 0. The van der Waals surface area contributed by atoms with Crippen molar-refractivity contribution < 1.29 is 10.2 Å². The average molecular weight is 301 g/mol. The average Bonchev–Trinajstić information content (AvgIpc) is 2.70. The molecule has 4 heteroatoms. The predicted molar refractivity (Wildman–Crippen MR) is 87.3 cm³/mol. The third-order valence-electron chi connectivity index (χ3n) is 4.10. The fourth-order valence-electron chi connectivity index (χ4n) is 2.91. The zero-order chi connectivity index (χ0) is 14.8. The molecule has 2 aromatic carbocycles. The van der Waals surface area contributed by atoms with Crippen LogP contribution >= 0.6 is 12.6 Å². The summed E-state index contributed by atoms with van der Waals surface area (Å²) in [5.41, 5.74) is 4.59. The van der Waals surface area contributed by atoms with Gasteiger partial charge in [0, 0.05) is 18.2 Å². The smallest absolute Gasteiger partial charge is 0.157 e. The van der Waals surface area contributed by atoms with Gasteiger partial charge in [0.15, 0.2) is 11.5 Å². The normalized spacial score (nSPS) is 18.0. The maximum Gasteiger partial charge on any atom is 0.157 e. The molecule has 3 rings (SSSR count). The van der Waals surface area contributed by atoms with Crippen LogP contribution in [0.2, 0.25) is 0 Å². The number of hydrogen-bond acceptors (Lipinski definition) is 4. The molecule has 1 heterocycles. The SMILES string of the molecule is Oc1cc2c(cc1O)C(c1ccc(CS)cc1)CNCC2. The molecule has 0 fully saturated rings. The van der Waals surface area contributed by atoms with Gasteiger partial charge in [0.05, 0.1) is 0 Å². The van der Waals surface area contributed by atoms with Crippen LogP contribution in [0.25, 0.3) is 0 Å². The van der Waals surface area contributed by atoms with Gasteiger partial charge in [-0.3, -0.25) is 0 Å². The van der Waals surface area contributed by atoms with Crippen molar-refractivity contribution >= 4 is 12.6 Å². The van der Waals surface area contributed by atoms with E-state index in [4.69, 9.17) is 0 Å². The lowest BCUT2D eigenvalue weighted by Gasteiger charge is -2.19. The second kappa shape index (κ2) is 6.00. The van der Waals surface area contributed by atoms with E-state index in [0.717, 1.165) is 36.4 Å². The van der Waals surface area contributed by atoms with E-state index in [1.807, 2.05) is 0 Å². The van der Waals surface area contributed by atoms with Crippen molar-refractivity contribution in [1.29, 1.82) is 0 Å². The highest BCUT2D eigenvalue weighted by Crippen LogP contribution is 2.36. The van der Waals surface area contributed by atoms with E-state index < -0.39 is 0 Å². The number of aromatic hydroxyl groups is 2. The van der Waals surface area contributed by atoms with Crippen molar-refractivity contribution in [3.8, 4) is 11.5 Å². The summed E-state index contributed by atoms with van der Waals surface area (Å²) in [5.74, 6) is 0.824. The predicted octanol–water partition coefficient (Wildman–Crippen LogP) is 2.81. The summed E-state index contributed by atoms with van der Waals surface area (Å²) in [6, 6.07) is 11.8. The lowest BCUT2D eigenvalue weighted by molar-refractivity contribution is 0.402. The number of phenolic OH excluding ortho intramolecular Hbond substituents is 2. The van der Waals surface area contributed by atoms with Gasteiger partial charge in [-0.1, -0.05) is 24.3 Å². The van der Waals surface area contributed by atoms with Crippen molar-refractivity contribution in [2.45, 2.75) is 18.1 Å². The molecule has 2 aromatic rings. The first-order valence-corrected chi connectivity index (χ1v) is 7.77. The highest BCUT2D eigenvalue weighted by molar-refractivity contribution is 7.79. The van der Waals surface area contributed by atoms with Gasteiger partial charge >= 0.3 is 0 Å². The Morgan fingerprint density at radius 2 is 1.81 bits per heavy atom. The Labute approximate surface area is 130 Å². The van der Waals surface area contributed by atoms with Gasteiger partial charge in [-0.25, -0.2) is 0 Å². The second-order valence-corrected chi connectivity index (χ2v) is 5.76. The highest BCUT2D eigenvalue weighted by Gasteiger charge is 2.22. The first kappa shape index (κ1) is 14.3. The quantitative estimate of drug-likeness (QED) is 0.510. The molecule has 0 bridgehead atoms. The van der Waals surface area contributed by atoms with E-state index >= 15 is 0 Å². The number of fused-ring (bicyclic) bond motifs is 1. The molecule has 0 spiro atoms. The van der Waals surface area contributed by atoms with Crippen LogP contribution in [0.4, 0.5) is 0 Å². The van der Waals surface area contributed by atoms with Crippen LogP contribution in [0.3, 0.4) is 0 Å². The molecule has 110 valence electrons. The topological polar surface area (TPSA) is 52.5 Å². The van der Waals surface area contributed by atoms with E-state index in [-0.39, 0.29) is 17.4 Å². The van der Waals surface area contributed by atoms with E-state index in [0.29, 0.717) is 0 Å². The molecular formula is C17H19NO2S. The summed E-state index contributed by atoms with van der Waals surface area (Å²) in [7, 11) is 0. The molecule has 1 aliphatic heterocycles. The standard InChI is InChI=1S/C17H19NO2S/c19-16-7-13-5-6-18-9-15(14(13)8-17(16)20)12-3-1-11(10-21)2-4-12/h1-4,7-8,15,18-21H,5-6,9-10H2. The van der Waals surface area contributed by atoms with Crippen molar-refractivity contribution in [1.82, 2.24) is 5.32 Å². The highest BCUT2D eigenvalue weighted by atomic mass is 32.1. The molecule has 0 aromatic heterocycles. The molecule has 0 saturated heterocycles. The van der Waals surface area contributed by atoms with Crippen LogP contribution in [0, 0.1) is 0 Å². The molecule has 1 atom stereocenters. The molecule has 1 unspecified atom stereocenters. The Morgan fingerprint density at radius 1 is 1.10 bits per heavy atom. The lowest BCUT2D eigenvalue weighted by atomic mass is 9.87. The monoisotopic (exact) mass is 301 g/mol. The lowest BCUT2D eigenvalue weighted by Crippen LogP contribution is -2.20. The summed E-state index contributed by atoms with van der Waals surface area (Å²) >= 11 is 4.29. The molecule has 3 N–H and O–H groups in total. The third-order valence-corrected chi connectivity index (χ3v) is 4.46. The van der Waals surface area contributed by atoms with Crippen LogP contribution in [0.5, 0.6) is 11.5 Å². The molecule has 0 amide bonds. The minimum Gasteiger partial charge on any atom is -0.504 e. The number of hydrogen-bond donors (Lipinski definition) is 4. The maximum atomic E-state index is 9.83. The summed E-state index contributed by atoms with van der Waals surface area (Å²) in [6.07, 6.45) is 0.856. The van der Waals surface area contributed by atoms with Gasteiger partial charge in [-0.2, -0.15) is 12.6 Å². The first-order valence-electron chi connectivity index (χ1n) is 7.14. The number of rotatable bonds is 2. The molecule has 1 aliphatic rings. The molecule has 0 radical (unpaired) electrons. The zero-order valence-electron chi connectivity index (χ0n) is 11.7. The Balaban J connectivity index is 2.04. The molecule has 0 aliphatic carbocycles. The molecule has 21 heavy (non-hydrogen) atoms. The van der Waals surface area contributed by atoms with E-state index in [1.165, 1.54) is 11.1 Å².